The lowest BCUT2D eigenvalue weighted by Crippen LogP contribution is -1.38. The van der Waals surface area contributed by atoms with Crippen molar-refractivity contribution in [3.63, 3.8) is 0 Å². The predicted octanol–water partition coefficient (Wildman–Crippen LogP) is -7.78. The summed E-state index contributed by atoms with van der Waals surface area (Å²) in [7, 11) is 11.6. The molecule has 0 aliphatic carbocycles. The van der Waals surface area contributed by atoms with Crippen molar-refractivity contribution in [2.75, 3.05) is 0 Å². The first-order chi connectivity index (χ1) is 4.00. The van der Waals surface area contributed by atoms with E-state index in [-0.39, 0.29) is 49.6 Å². The fraction of sp³-hybridized carbons (Fsp3) is 0. The van der Waals surface area contributed by atoms with Gasteiger partial charge in [-0.15, -0.1) is 49.6 Å². The van der Waals surface area contributed by atoms with Crippen LogP contribution in [0, 0.1) is 0 Å². The van der Waals surface area contributed by atoms with Gasteiger partial charge in [-0.05, 0) is 78.1 Å². The minimum absolute atomic E-state index is 0. The molecule has 0 radical (unpaired) electrons. The quantitative estimate of drug-likeness (QED) is 0.358. The van der Waals surface area contributed by atoms with E-state index in [1.54, 1.807) is 0 Å². The molecule has 0 N–H and O–H groups in total. The summed E-state index contributed by atoms with van der Waals surface area (Å²) in [5.41, 5.74) is 0. The normalized spacial score (nSPS) is 4.00. The summed E-state index contributed by atoms with van der Waals surface area (Å²) in [6.45, 7) is 0. The van der Waals surface area contributed by atoms with Gasteiger partial charge in [0.15, 0.2) is 0 Å². The smallest absolute Gasteiger partial charge is 0.0125 e. The molecule has 0 aromatic carbocycles. The molecule has 0 saturated heterocycles. The zero-order valence-corrected chi connectivity index (χ0v) is 28.9. The standard InChI is InChI=1S/4ClH.4H6Si2/c;;;;4*1-2/h4*1H;4*1-2H3. The maximum absolute atomic E-state index is 1.44. The minimum Gasteiger partial charge on any atom is -0.147 e. The third kappa shape index (κ3) is 218. The van der Waals surface area contributed by atoms with E-state index in [1.807, 2.05) is 0 Å². The van der Waals surface area contributed by atoms with E-state index in [4.69, 9.17) is 0 Å². The maximum atomic E-state index is 1.44. The number of hydrogen-bond acceptors (Lipinski definition) is 0. The van der Waals surface area contributed by atoms with E-state index in [0.717, 1.165) is 0 Å². The number of hydrogen-bond donors (Lipinski definition) is 0. The van der Waals surface area contributed by atoms with Crippen LogP contribution >= 0.6 is 49.6 Å². The predicted molar refractivity (Wildman–Crippen MR) is 109 cm³/mol. The Bertz CT molecular complexity index is 11.0. The third-order valence-corrected chi connectivity index (χ3v) is 0. The molecular formula is H28Cl4Si8. The fourth-order valence-electron chi connectivity index (χ4n) is 0. The summed E-state index contributed by atoms with van der Waals surface area (Å²) >= 11 is 0. The molecule has 0 aliphatic rings. The lowest BCUT2D eigenvalue weighted by molar-refractivity contribution is 4.75. The van der Waals surface area contributed by atoms with E-state index >= 15 is 0 Å². The largest absolute Gasteiger partial charge is 0.147 e. The van der Waals surface area contributed by atoms with E-state index in [9.17, 15) is 0 Å². The maximum Gasteiger partial charge on any atom is -0.0125 e. The minimum atomic E-state index is 0. The first kappa shape index (κ1) is 60.5. The van der Waals surface area contributed by atoms with Crippen LogP contribution < -0.4 is 0 Å². The molecule has 0 bridgehead atoms. The van der Waals surface area contributed by atoms with Crippen LogP contribution in [0.25, 0.3) is 0 Å². The van der Waals surface area contributed by atoms with Crippen molar-refractivity contribution in [1.82, 2.24) is 0 Å². The highest BCUT2D eigenvalue weighted by atomic mass is 35.5. The number of halogens is 4. The summed E-state index contributed by atoms with van der Waals surface area (Å²) < 4.78 is 0. The fourth-order valence-corrected chi connectivity index (χ4v) is 0. The van der Waals surface area contributed by atoms with Crippen molar-refractivity contribution in [3.8, 4) is 0 Å². The van der Waals surface area contributed by atoms with Crippen molar-refractivity contribution < 1.29 is 0 Å². The van der Waals surface area contributed by atoms with Crippen LogP contribution in [0.15, 0.2) is 0 Å². The van der Waals surface area contributed by atoms with Crippen molar-refractivity contribution in [1.29, 1.82) is 0 Å². The Kier molecular flexibility index (Phi) is 1390. The number of rotatable bonds is 0. The molecule has 0 rings (SSSR count). The Labute approximate surface area is 127 Å². The Morgan fingerprint density at radius 3 is 0.250 bits per heavy atom. The highest BCUT2D eigenvalue weighted by Gasteiger charge is 0.994. The van der Waals surface area contributed by atoms with Crippen molar-refractivity contribution in [3.05, 3.63) is 0 Å². The van der Waals surface area contributed by atoms with Crippen LogP contribution in [0.1, 0.15) is 0 Å². The van der Waals surface area contributed by atoms with Crippen LogP contribution in [0.5, 0.6) is 0 Å². The van der Waals surface area contributed by atoms with Gasteiger partial charge in [-0.3, -0.25) is 0 Å². The molecule has 0 aliphatic heterocycles. The average molecular weight is 395 g/mol. The zero-order valence-electron chi connectivity index (χ0n) is 9.63. The molecule has 0 aromatic rings. The van der Waals surface area contributed by atoms with E-state index in [2.05, 4.69) is 0 Å². The van der Waals surface area contributed by atoms with Gasteiger partial charge in [0.1, 0.15) is 0 Å². The van der Waals surface area contributed by atoms with Crippen molar-refractivity contribution in [2.24, 2.45) is 0 Å². The Morgan fingerprint density at radius 2 is 0.250 bits per heavy atom. The molecule has 0 heterocycles. The molecule has 88 valence electrons. The summed E-state index contributed by atoms with van der Waals surface area (Å²) in [6.07, 6.45) is 0. The van der Waals surface area contributed by atoms with Gasteiger partial charge in [-0.1, -0.05) is 0 Å². The van der Waals surface area contributed by atoms with Crippen LogP contribution in [-0.4, -0.2) is 78.1 Å². The SMILES string of the molecule is Cl.Cl.Cl.Cl.[SiH3][SiH3].[SiH3][SiH3].[SiH3][SiH3].[SiH3][SiH3]. The van der Waals surface area contributed by atoms with Gasteiger partial charge in [-0.25, -0.2) is 0 Å². The molecule has 0 aromatic heterocycles. The molecule has 0 amide bonds. The lowest BCUT2D eigenvalue weighted by Gasteiger charge is -1.01. The first-order valence-electron chi connectivity index (χ1n) is 4.00. The molecule has 0 spiro atoms. The molecule has 0 saturated carbocycles. The van der Waals surface area contributed by atoms with Gasteiger partial charge < -0.3 is 0 Å². The van der Waals surface area contributed by atoms with E-state index < -0.39 is 0 Å². The Morgan fingerprint density at radius 1 is 0.250 bits per heavy atom. The highest BCUT2D eigenvalue weighted by molar-refractivity contribution is 6.76. The molecule has 12 heavy (non-hydrogen) atoms. The highest BCUT2D eigenvalue weighted by Crippen LogP contribution is 0.693. The van der Waals surface area contributed by atoms with Crippen LogP contribution in [0.4, 0.5) is 0 Å². The third-order valence-electron chi connectivity index (χ3n) is 0. The Balaban J connectivity index is -0.00000000267. The summed E-state index contributed by atoms with van der Waals surface area (Å²) in [6, 6.07) is 0. The topological polar surface area (TPSA) is 0 Å². The monoisotopic (exact) mass is 392 g/mol. The first-order valence-corrected chi connectivity index (χ1v) is 36.0. The molecule has 0 fully saturated rings. The molecule has 12 heteroatoms. The van der Waals surface area contributed by atoms with Gasteiger partial charge >= 0.3 is 0 Å². The van der Waals surface area contributed by atoms with Crippen LogP contribution in [0.2, 0.25) is 0 Å². The van der Waals surface area contributed by atoms with E-state index in [0.29, 0.717) is 0 Å². The second-order valence-electron chi connectivity index (χ2n) is 0. The van der Waals surface area contributed by atoms with Gasteiger partial charge in [0.05, 0.1) is 0 Å². The molecule has 0 atom stereocenters. The lowest BCUT2D eigenvalue weighted by atomic mass is 27.1. The average Bonchev–Trinajstić information content (AvgIpc) is 2.03. The van der Waals surface area contributed by atoms with Crippen molar-refractivity contribution >= 4 is 128 Å². The van der Waals surface area contributed by atoms with Crippen LogP contribution in [0.3, 0.4) is 0 Å². The second-order valence-corrected chi connectivity index (χ2v) is 0. The van der Waals surface area contributed by atoms with Crippen molar-refractivity contribution in [2.45, 2.75) is 0 Å². The molecule has 0 unspecified atom stereocenters. The Hall–Kier alpha value is 2.90. The van der Waals surface area contributed by atoms with Gasteiger partial charge in [0, 0.05) is 0 Å². The van der Waals surface area contributed by atoms with Gasteiger partial charge in [0.2, 0.25) is 0 Å². The summed E-state index contributed by atoms with van der Waals surface area (Å²) in [5, 5.41) is 0. The molecule has 0 nitrogen and oxygen atoms in total. The second kappa shape index (κ2) is 276. The molecular weight excluding hydrogens is 367 g/mol. The van der Waals surface area contributed by atoms with Gasteiger partial charge in [0.25, 0.3) is 0 Å². The van der Waals surface area contributed by atoms with E-state index in [1.165, 1.54) is 78.1 Å². The van der Waals surface area contributed by atoms with Crippen LogP contribution in [-0.2, 0) is 0 Å². The zero-order chi connectivity index (χ0) is 8.00. The summed E-state index contributed by atoms with van der Waals surface area (Å²) in [4.78, 5) is 0. The van der Waals surface area contributed by atoms with Gasteiger partial charge in [-0.2, -0.15) is 0 Å². The summed E-state index contributed by atoms with van der Waals surface area (Å²) in [5.74, 6) is 0.